The maximum Gasteiger partial charge on any atom is 0.322 e. The minimum absolute atomic E-state index is 0.374. The summed E-state index contributed by atoms with van der Waals surface area (Å²) < 4.78 is 9.83. The highest BCUT2D eigenvalue weighted by Crippen LogP contribution is 2.01. The predicted molar refractivity (Wildman–Crippen MR) is 67.7 cm³/mol. The van der Waals surface area contributed by atoms with Crippen molar-refractivity contribution in [2.24, 2.45) is 11.5 Å². The van der Waals surface area contributed by atoms with E-state index in [1.54, 1.807) is 13.8 Å². The zero-order valence-electron chi connectivity index (χ0n) is 11.2. The summed E-state index contributed by atoms with van der Waals surface area (Å²) in [6.45, 7) is 3.96. The molecule has 0 saturated carbocycles. The van der Waals surface area contributed by atoms with Gasteiger partial charge in [0.2, 0.25) is 0 Å². The molecule has 2 atom stereocenters. The molecule has 0 rings (SSSR count). The molecule has 0 radical (unpaired) electrons. The van der Waals surface area contributed by atoms with E-state index in [0.717, 1.165) is 25.7 Å². The van der Waals surface area contributed by atoms with Crippen molar-refractivity contribution >= 4 is 11.9 Å². The largest absolute Gasteiger partial charge is 0.465 e. The highest BCUT2D eigenvalue weighted by Gasteiger charge is 2.08. The first-order valence-corrected chi connectivity index (χ1v) is 6.29. The first kappa shape index (κ1) is 16.9. The van der Waals surface area contributed by atoms with Gasteiger partial charge in [0.05, 0.1) is 13.2 Å². The van der Waals surface area contributed by atoms with Gasteiger partial charge < -0.3 is 20.9 Å². The van der Waals surface area contributed by atoms with E-state index in [1.165, 1.54) is 0 Å². The Bertz CT molecular complexity index is 228. The lowest BCUT2D eigenvalue weighted by atomic mass is 10.2. The average molecular weight is 260 g/mol. The van der Waals surface area contributed by atoms with Gasteiger partial charge in [-0.3, -0.25) is 9.59 Å². The summed E-state index contributed by atoms with van der Waals surface area (Å²) in [5.74, 6) is -0.748. The number of carbonyl (C=O) groups is 2. The fourth-order valence-electron chi connectivity index (χ4n) is 1.17. The zero-order valence-corrected chi connectivity index (χ0v) is 11.2. The minimum atomic E-state index is -0.567. The molecule has 106 valence electrons. The van der Waals surface area contributed by atoms with E-state index in [1.807, 2.05) is 0 Å². The van der Waals surface area contributed by atoms with Crippen molar-refractivity contribution in [1.29, 1.82) is 0 Å². The molecule has 0 aliphatic carbocycles. The van der Waals surface area contributed by atoms with Crippen LogP contribution in [-0.4, -0.2) is 37.2 Å². The first-order valence-electron chi connectivity index (χ1n) is 6.29. The molecule has 0 aliphatic rings. The Balaban J connectivity index is 3.27. The predicted octanol–water partition coefficient (Wildman–Crippen LogP) is 0.328. The Morgan fingerprint density at radius 2 is 1.17 bits per heavy atom. The molecule has 0 saturated heterocycles. The van der Waals surface area contributed by atoms with E-state index < -0.39 is 12.1 Å². The summed E-state index contributed by atoms with van der Waals surface area (Å²) in [4.78, 5) is 22.0. The van der Waals surface area contributed by atoms with E-state index in [4.69, 9.17) is 20.9 Å². The van der Waals surface area contributed by atoms with Crippen molar-refractivity contribution in [3.63, 3.8) is 0 Å². The molecule has 2 unspecified atom stereocenters. The number of unbranched alkanes of at least 4 members (excludes halogenated alkanes) is 3. The second kappa shape index (κ2) is 9.85. The number of esters is 2. The summed E-state index contributed by atoms with van der Waals surface area (Å²) in [5.41, 5.74) is 10.7. The van der Waals surface area contributed by atoms with Gasteiger partial charge in [0.15, 0.2) is 0 Å². The fourth-order valence-corrected chi connectivity index (χ4v) is 1.17. The van der Waals surface area contributed by atoms with E-state index in [2.05, 4.69) is 0 Å². The lowest BCUT2D eigenvalue weighted by Crippen LogP contribution is -2.29. The van der Waals surface area contributed by atoms with E-state index in [-0.39, 0.29) is 11.9 Å². The molecule has 0 bridgehead atoms. The molecular formula is C12H24N2O4. The van der Waals surface area contributed by atoms with Crippen molar-refractivity contribution in [3.05, 3.63) is 0 Å². The van der Waals surface area contributed by atoms with E-state index in [0.29, 0.717) is 13.2 Å². The highest BCUT2D eigenvalue weighted by molar-refractivity contribution is 5.75. The third kappa shape index (κ3) is 8.95. The fraction of sp³-hybridized carbons (Fsp3) is 0.833. The molecule has 0 aromatic rings. The maximum absolute atomic E-state index is 11.0. The number of carbonyl (C=O) groups excluding carboxylic acids is 2. The van der Waals surface area contributed by atoms with Gasteiger partial charge in [-0.1, -0.05) is 0 Å². The molecule has 6 nitrogen and oxygen atoms in total. The lowest BCUT2D eigenvalue weighted by molar-refractivity contribution is -0.146. The number of hydrogen-bond acceptors (Lipinski definition) is 6. The van der Waals surface area contributed by atoms with Crippen LogP contribution in [0.25, 0.3) is 0 Å². The van der Waals surface area contributed by atoms with E-state index >= 15 is 0 Å². The number of rotatable bonds is 9. The Labute approximate surface area is 108 Å². The molecule has 0 fully saturated rings. The first-order chi connectivity index (χ1) is 8.45. The van der Waals surface area contributed by atoms with Gasteiger partial charge in [-0.15, -0.1) is 0 Å². The van der Waals surface area contributed by atoms with Gasteiger partial charge in [0, 0.05) is 0 Å². The molecule has 6 heteroatoms. The molecule has 0 heterocycles. The zero-order chi connectivity index (χ0) is 14.0. The molecule has 0 amide bonds. The molecule has 0 spiro atoms. The van der Waals surface area contributed by atoms with Gasteiger partial charge in [0.25, 0.3) is 0 Å². The minimum Gasteiger partial charge on any atom is -0.465 e. The van der Waals surface area contributed by atoms with Crippen LogP contribution in [0.2, 0.25) is 0 Å². The smallest absolute Gasteiger partial charge is 0.322 e. The van der Waals surface area contributed by atoms with Crippen LogP contribution in [-0.2, 0) is 19.1 Å². The standard InChI is InChI=1S/C12H24N2O4/c1-9(13)11(15)17-7-5-3-4-6-8-18-12(16)10(2)14/h9-10H,3-8,13-14H2,1-2H3. The van der Waals surface area contributed by atoms with Crippen molar-refractivity contribution in [2.75, 3.05) is 13.2 Å². The Morgan fingerprint density at radius 1 is 0.833 bits per heavy atom. The van der Waals surface area contributed by atoms with Crippen LogP contribution >= 0.6 is 0 Å². The molecular weight excluding hydrogens is 236 g/mol. The summed E-state index contributed by atoms with van der Waals surface area (Å²) in [6, 6.07) is -1.13. The van der Waals surface area contributed by atoms with Crippen molar-refractivity contribution < 1.29 is 19.1 Å². The van der Waals surface area contributed by atoms with Crippen molar-refractivity contribution in [1.82, 2.24) is 0 Å². The van der Waals surface area contributed by atoms with Crippen molar-refractivity contribution in [2.45, 2.75) is 51.6 Å². The van der Waals surface area contributed by atoms with E-state index in [9.17, 15) is 9.59 Å². The molecule has 0 aliphatic heterocycles. The molecule has 0 aromatic carbocycles. The van der Waals surface area contributed by atoms with Gasteiger partial charge >= 0.3 is 11.9 Å². The number of hydrogen-bond donors (Lipinski definition) is 2. The third-order valence-corrected chi connectivity index (χ3v) is 2.27. The van der Waals surface area contributed by atoms with Crippen LogP contribution in [0.15, 0.2) is 0 Å². The Hall–Kier alpha value is -1.14. The second-order valence-corrected chi connectivity index (χ2v) is 4.33. The van der Waals surface area contributed by atoms with Crippen LogP contribution < -0.4 is 11.5 Å². The highest BCUT2D eigenvalue weighted by atomic mass is 16.5. The maximum atomic E-state index is 11.0. The van der Waals surface area contributed by atoms with Crippen LogP contribution in [0.5, 0.6) is 0 Å². The molecule has 4 N–H and O–H groups in total. The Kier molecular flexibility index (Phi) is 9.22. The van der Waals surface area contributed by atoms with Crippen LogP contribution in [0, 0.1) is 0 Å². The normalized spacial score (nSPS) is 13.8. The quantitative estimate of drug-likeness (QED) is 0.457. The SMILES string of the molecule is CC(N)C(=O)OCCCCCCOC(=O)C(C)N. The summed E-state index contributed by atoms with van der Waals surface area (Å²) >= 11 is 0. The lowest BCUT2D eigenvalue weighted by Gasteiger charge is -2.08. The number of nitrogens with two attached hydrogens (primary N) is 2. The monoisotopic (exact) mass is 260 g/mol. The average Bonchev–Trinajstić information content (AvgIpc) is 2.31. The van der Waals surface area contributed by atoms with Gasteiger partial charge in [-0.05, 0) is 39.5 Å². The number of ether oxygens (including phenoxy) is 2. The summed E-state index contributed by atoms with van der Waals surface area (Å²) in [5, 5.41) is 0. The second-order valence-electron chi connectivity index (χ2n) is 4.33. The van der Waals surface area contributed by atoms with Gasteiger partial charge in [-0.25, -0.2) is 0 Å². The molecule has 0 aromatic heterocycles. The van der Waals surface area contributed by atoms with Crippen LogP contribution in [0.4, 0.5) is 0 Å². The third-order valence-electron chi connectivity index (χ3n) is 2.27. The summed E-state index contributed by atoms with van der Waals surface area (Å²) in [7, 11) is 0. The Morgan fingerprint density at radius 3 is 1.44 bits per heavy atom. The van der Waals surface area contributed by atoms with Gasteiger partial charge in [0.1, 0.15) is 12.1 Å². The van der Waals surface area contributed by atoms with Crippen LogP contribution in [0.3, 0.4) is 0 Å². The molecule has 18 heavy (non-hydrogen) atoms. The van der Waals surface area contributed by atoms with Crippen LogP contribution in [0.1, 0.15) is 39.5 Å². The topological polar surface area (TPSA) is 105 Å². The van der Waals surface area contributed by atoms with Crippen molar-refractivity contribution in [3.8, 4) is 0 Å². The summed E-state index contributed by atoms with van der Waals surface area (Å²) in [6.07, 6.45) is 3.42. The van der Waals surface area contributed by atoms with Gasteiger partial charge in [-0.2, -0.15) is 0 Å².